The Balaban J connectivity index is 1.60. The molecule has 1 atom stereocenters. The molecule has 2 N–H and O–H groups in total. The van der Waals surface area contributed by atoms with E-state index in [1.54, 1.807) is 4.90 Å². The van der Waals surface area contributed by atoms with Crippen molar-refractivity contribution in [2.75, 3.05) is 45.9 Å². The highest BCUT2D eigenvalue weighted by Crippen LogP contribution is 2.25. The zero-order valence-corrected chi connectivity index (χ0v) is 18.5. The van der Waals surface area contributed by atoms with Crippen molar-refractivity contribution in [1.29, 1.82) is 0 Å². The molecule has 166 valence electrons. The average Bonchev–Trinajstić information content (AvgIpc) is 3.30. The van der Waals surface area contributed by atoms with E-state index < -0.39 is 0 Å². The number of carbonyl (C=O) groups is 1. The minimum atomic E-state index is -0.201. The maximum Gasteiger partial charge on any atom is 0.409 e. The predicted octanol–water partition coefficient (Wildman–Crippen LogP) is 3.00. The summed E-state index contributed by atoms with van der Waals surface area (Å²) >= 11 is 0. The molecule has 2 aliphatic heterocycles. The van der Waals surface area contributed by atoms with Crippen LogP contribution in [0.4, 0.5) is 4.79 Å². The van der Waals surface area contributed by atoms with Gasteiger partial charge in [-0.2, -0.15) is 0 Å². The number of nitrogens with zero attached hydrogens (tertiary/aromatic N) is 3. The first-order valence-electron chi connectivity index (χ1n) is 11.5. The monoisotopic (exact) mass is 415 g/mol. The van der Waals surface area contributed by atoms with Crippen LogP contribution in [0.5, 0.6) is 0 Å². The minimum absolute atomic E-state index is 0.201. The number of piperidine rings is 1. The summed E-state index contributed by atoms with van der Waals surface area (Å²) in [6.45, 7) is 9.65. The second-order valence-electron chi connectivity index (χ2n) is 7.99. The number of carbonyl (C=O) groups excluding carboxylic acids is 1. The molecule has 1 amide bonds. The van der Waals surface area contributed by atoms with Crippen molar-refractivity contribution in [2.45, 2.75) is 51.6 Å². The number of nitrogens with one attached hydrogen (secondary N) is 2. The Morgan fingerprint density at radius 3 is 2.47 bits per heavy atom. The number of hydrogen-bond donors (Lipinski definition) is 2. The number of amides is 1. The van der Waals surface area contributed by atoms with Gasteiger partial charge in [0.1, 0.15) is 0 Å². The van der Waals surface area contributed by atoms with Crippen LogP contribution >= 0.6 is 0 Å². The fourth-order valence-corrected chi connectivity index (χ4v) is 4.27. The van der Waals surface area contributed by atoms with Crippen LogP contribution in [0.25, 0.3) is 0 Å². The van der Waals surface area contributed by atoms with Crippen molar-refractivity contribution in [2.24, 2.45) is 4.99 Å². The zero-order valence-electron chi connectivity index (χ0n) is 18.5. The van der Waals surface area contributed by atoms with Gasteiger partial charge in [0.2, 0.25) is 0 Å². The number of ether oxygens (including phenoxy) is 1. The molecular formula is C23H37N5O2. The first-order chi connectivity index (χ1) is 14.7. The van der Waals surface area contributed by atoms with Gasteiger partial charge < -0.3 is 20.3 Å². The SMILES string of the molecule is CCNC(=NCC(c1ccccc1)N1CCCC1)NC1CCN(C(=O)OCC)CC1. The molecule has 2 saturated heterocycles. The van der Waals surface area contributed by atoms with Crippen molar-refractivity contribution >= 4 is 12.1 Å². The number of rotatable bonds is 7. The molecule has 7 nitrogen and oxygen atoms in total. The largest absolute Gasteiger partial charge is 0.450 e. The topological polar surface area (TPSA) is 69.2 Å². The summed E-state index contributed by atoms with van der Waals surface area (Å²) in [4.78, 5) is 21.2. The third-order valence-corrected chi connectivity index (χ3v) is 5.89. The fraction of sp³-hybridized carbons (Fsp3) is 0.652. The van der Waals surface area contributed by atoms with Crippen LogP contribution in [0, 0.1) is 0 Å². The fourth-order valence-electron chi connectivity index (χ4n) is 4.27. The maximum absolute atomic E-state index is 11.9. The van der Waals surface area contributed by atoms with Gasteiger partial charge in [-0.1, -0.05) is 30.3 Å². The first kappa shape index (κ1) is 22.4. The molecule has 0 aromatic heterocycles. The van der Waals surface area contributed by atoms with Gasteiger partial charge >= 0.3 is 6.09 Å². The summed E-state index contributed by atoms with van der Waals surface area (Å²) in [5, 5.41) is 6.98. The molecule has 0 bridgehead atoms. The van der Waals surface area contributed by atoms with Crippen molar-refractivity contribution < 1.29 is 9.53 Å². The quantitative estimate of drug-likeness (QED) is 0.529. The van der Waals surface area contributed by atoms with Crippen LogP contribution in [0.15, 0.2) is 35.3 Å². The summed E-state index contributed by atoms with van der Waals surface area (Å²) in [5.41, 5.74) is 1.33. The predicted molar refractivity (Wildman–Crippen MR) is 121 cm³/mol. The van der Waals surface area contributed by atoms with E-state index >= 15 is 0 Å². The van der Waals surface area contributed by atoms with E-state index in [0.29, 0.717) is 18.7 Å². The van der Waals surface area contributed by atoms with Crippen molar-refractivity contribution in [3.8, 4) is 0 Å². The molecule has 0 aliphatic carbocycles. The molecule has 3 rings (SSSR count). The second-order valence-corrected chi connectivity index (χ2v) is 7.99. The summed E-state index contributed by atoms with van der Waals surface area (Å²) in [5.74, 6) is 0.868. The molecule has 7 heteroatoms. The zero-order chi connectivity index (χ0) is 21.2. The highest BCUT2D eigenvalue weighted by atomic mass is 16.6. The summed E-state index contributed by atoms with van der Waals surface area (Å²) < 4.78 is 5.12. The third kappa shape index (κ3) is 6.36. The van der Waals surface area contributed by atoms with Crippen LogP contribution < -0.4 is 10.6 Å². The first-order valence-corrected chi connectivity index (χ1v) is 11.5. The van der Waals surface area contributed by atoms with Crippen molar-refractivity contribution in [3.05, 3.63) is 35.9 Å². The lowest BCUT2D eigenvalue weighted by atomic mass is 10.1. The lowest BCUT2D eigenvalue weighted by molar-refractivity contribution is 0.0963. The van der Waals surface area contributed by atoms with Gasteiger partial charge in [0.05, 0.1) is 19.2 Å². The van der Waals surface area contributed by atoms with Crippen molar-refractivity contribution in [1.82, 2.24) is 20.4 Å². The van der Waals surface area contributed by atoms with Gasteiger partial charge in [0.25, 0.3) is 0 Å². The summed E-state index contributed by atoms with van der Waals surface area (Å²) in [6, 6.07) is 11.4. The Labute approximate surface area is 180 Å². The van der Waals surface area contributed by atoms with Gasteiger partial charge in [-0.05, 0) is 58.2 Å². The van der Waals surface area contributed by atoms with Crippen LogP contribution in [0.1, 0.15) is 51.1 Å². The number of benzene rings is 1. The summed E-state index contributed by atoms with van der Waals surface area (Å²) in [6.07, 6.45) is 4.14. The molecule has 0 spiro atoms. The van der Waals surface area contributed by atoms with E-state index in [-0.39, 0.29) is 6.09 Å². The van der Waals surface area contributed by atoms with E-state index in [0.717, 1.165) is 58.1 Å². The standard InChI is InChI=1S/C23H37N5O2/c1-3-24-22(26-20-12-16-28(17-13-20)23(29)30-4-2)25-18-21(27-14-8-9-15-27)19-10-6-5-7-11-19/h5-7,10-11,20-21H,3-4,8-9,12-18H2,1-2H3,(H2,24,25,26). The number of hydrogen-bond acceptors (Lipinski definition) is 4. The van der Waals surface area contributed by atoms with Gasteiger partial charge in [-0.25, -0.2) is 4.79 Å². The number of likely N-dealkylation sites (tertiary alicyclic amines) is 2. The molecule has 2 heterocycles. The molecule has 1 aromatic rings. The van der Waals surface area contributed by atoms with Crippen LogP contribution in [-0.2, 0) is 4.74 Å². The van der Waals surface area contributed by atoms with E-state index in [1.165, 1.54) is 18.4 Å². The van der Waals surface area contributed by atoms with Gasteiger partial charge in [0.15, 0.2) is 5.96 Å². The summed E-state index contributed by atoms with van der Waals surface area (Å²) in [7, 11) is 0. The molecule has 2 fully saturated rings. The Morgan fingerprint density at radius 1 is 1.13 bits per heavy atom. The molecule has 1 unspecified atom stereocenters. The Morgan fingerprint density at radius 2 is 1.83 bits per heavy atom. The van der Waals surface area contributed by atoms with E-state index in [9.17, 15) is 4.79 Å². The maximum atomic E-state index is 11.9. The van der Waals surface area contributed by atoms with E-state index in [4.69, 9.17) is 9.73 Å². The highest BCUT2D eigenvalue weighted by molar-refractivity contribution is 5.80. The normalized spacial score (nSPS) is 19.5. The van der Waals surface area contributed by atoms with E-state index in [2.05, 4.69) is 52.8 Å². The van der Waals surface area contributed by atoms with Crippen LogP contribution in [0.3, 0.4) is 0 Å². The van der Waals surface area contributed by atoms with E-state index in [1.807, 2.05) is 6.92 Å². The Kier molecular flexibility index (Phi) is 8.81. The highest BCUT2D eigenvalue weighted by Gasteiger charge is 2.25. The van der Waals surface area contributed by atoms with Crippen molar-refractivity contribution in [3.63, 3.8) is 0 Å². The third-order valence-electron chi connectivity index (χ3n) is 5.89. The molecule has 0 saturated carbocycles. The molecule has 2 aliphatic rings. The van der Waals surface area contributed by atoms with Gasteiger partial charge in [0, 0.05) is 25.7 Å². The van der Waals surface area contributed by atoms with Crippen LogP contribution in [-0.4, -0.2) is 73.8 Å². The minimum Gasteiger partial charge on any atom is -0.450 e. The number of aliphatic imine (C=N–C) groups is 1. The molecule has 30 heavy (non-hydrogen) atoms. The molecule has 0 radical (unpaired) electrons. The Hall–Kier alpha value is -2.28. The number of guanidine groups is 1. The second kappa shape index (κ2) is 11.8. The lowest BCUT2D eigenvalue weighted by Gasteiger charge is -2.32. The van der Waals surface area contributed by atoms with Gasteiger partial charge in [-0.3, -0.25) is 9.89 Å². The van der Waals surface area contributed by atoms with Gasteiger partial charge in [-0.15, -0.1) is 0 Å². The smallest absolute Gasteiger partial charge is 0.409 e. The Bertz CT molecular complexity index is 667. The van der Waals surface area contributed by atoms with Crippen LogP contribution in [0.2, 0.25) is 0 Å². The molecule has 1 aromatic carbocycles. The lowest BCUT2D eigenvalue weighted by Crippen LogP contribution is -2.50. The molecular weight excluding hydrogens is 378 g/mol. The average molecular weight is 416 g/mol.